The van der Waals surface area contributed by atoms with E-state index in [1.807, 2.05) is 48.5 Å². The molecule has 0 aliphatic rings. The van der Waals surface area contributed by atoms with Gasteiger partial charge in [-0.25, -0.2) is 9.97 Å². The molecule has 1 aromatic heterocycles. The molecule has 0 amide bonds. The van der Waals surface area contributed by atoms with E-state index in [-0.39, 0.29) is 5.75 Å². The van der Waals surface area contributed by atoms with Crippen LogP contribution in [0.25, 0.3) is 44.0 Å². The van der Waals surface area contributed by atoms with E-state index in [0.29, 0.717) is 32.1 Å². The largest absolute Gasteiger partial charge is 0.507 e. The Morgan fingerprint density at radius 2 is 1.33 bits per heavy atom. The number of rotatable bonds is 1. The zero-order chi connectivity index (χ0) is 18.5. The van der Waals surface area contributed by atoms with Crippen LogP contribution >= 0.6 is 23.2 Å². The van der Waals surface area contributed by atoms with Crippen molar-refractivity contribution in [1.29, 1.82) is 0 Å². The summed E-state index contributed by atoms with van der Waals surface area (Å²) in [6.07, 6.45) is 0. The van der Waals surface area contributed by atoms with Gasteiger partial charge in [-0.15, -0.1) is 0 Å². The molecular formula is C22H12Cl2N2O. The number of phenols is 1. The molecule has 0 unspecified atom stereocenters. The van der Waals surface area contributed by atoms with E-state index in [2.05, 4.69) is 0 Å². The summed E-state index contributed by atoms with van der Waals surface area (Å²) in [6, 6.07) is 20.5. The molecule has 27 heavy (non-hydrogen) atoms. The van der Waals surface area contributed by atoms with Crippen molar-refractivity contribution in [3.8, 4) is 16.9 Å². The number of hydrogen-bond acceptors (Lipinski definition) is 3. The minimum absolute atomic E-state index is 0.131. The Bertz CT molecular complexity index is 1370. The highest BCUT2D eigenvalue weighted by atomic mass is 35.5. The van der Waals surface area contributed by atoms with Crippen LogP contribution < -0.4 is 0 Å². The number of benzene rings is 4. The van der Waals surface area contributed by atoms with Gasteiger partial charge in [0.05, 0.1) is 27.1 Å². The predicted molar refractivity (Wildman–Crippen MR) is 112 cm³/mol. The molecule has 1 heterocycles. The SMILES string of the molecule is Oc1c(-c2ccc(Cl)cc2Cl)c2nc3ccccc3nc2c2ccccc12. The quantitative estimate of drug-likeness (QED) is 0.258. The molecule has 0 saturated heterocycles. The third-order valence-electron chi connectivity index (χ3n) is 4.68. The van der Waals surface area contributed by atoms with Crippen LogP contribution in [0.1, 0.15) is 0 Å². The van der Waals surface area contributed by atoms with E-state index in [9.17, 15) is 5.11 Å². The van der Waals surface area contributed by atoms with E-state index < -0.39 is 0 Å². The van der Waals surface area contributed by atoms with Crippen LogP contribution in [0.4, 0.5) is 0 Å². The van der Waals surface area contributed by atoms with Crippen LogP contribution in [0.3, 0.4) is 0 Å². The third kappa shape index (κ3) is 2.51. The summed E-state index contributed by atoms with van der Waals surface area (Å²) < 4.78 is 0. The zero-order valence-electron chi connectivity index (χ0n) is 13.9. The van der Waals surface area contributed by atoms with Crippen molar-refractivity contribution in [2.24, 2.45) is 0 Å². The van der Waals surface area contributed by atoms with Gasteiger partial charge in [-0.05, 0) is 24.3 Å². The fourth-order valence-corrected chi connectivity index (χ4v) is 3.96. The number of aromatic hydroxyl groups is 1. The minimum Gasteiger partial charge on any atom is -0.507 e. The Hall–Kier alpha value is -2.88. The monoisotopic (exact) mass is 390 g/mol. The second-order valence-electron chi connectivity index (χ2n) is 6.30. The second-order valence-corrected chi connectivity index (χ2v) is 7.15. The summed E-state index contributed by atoms with van der Waals surface area (Å²) >= 11 is 12.5. The standard InChI is InChI=1S/C22H12Cl2N2O/c23-12-9-10-15(16(24)11-12)19-21-20(13-5-1-2-6-14(13)22(19)27)25-17-7-3-4-8-18(17)26-21/h1-11,27H. The molecule has 0 radical (unpaired) electrons. The first kappa shape index (κ1) is 16.3. The highest BCUT2D eigenvalue weighted by Gasteiger charge is 2.20. The third-order valence-corrected chi connectivity index (χ3v) is 5.23. The molecule has 5 heteroatoms. The molecule has 0 saturated carbocycles. The Morgan fingerprint density at radius 3 is 2.04 bits per heavy atom. The topological polar surface area (TPSA) is 46.0 Å². The molecule has 0 aliphatic carbocycles. The summed E-state index contributed by atoms with van der Waals surface area (Å²) in [5.41, 5.74) is 4.11. The van der Waals surface area contributed by atoms with E-state index in [0.717, 1.165) is 21.9 Å². The maximum absolute atomic E-state index is 11.1. The zero-order valence-corrected chi connectivity index (χ0v) is 15.5. The van der Waals surface area contributed by atoms with Gasteiger partial charge in [0.1, 0.15) is 11.3 Å². The van der Waals surface area contributed by atoms with Crippen molar-refractivity contribution >= 4 is 56.0 Å². The van der Waals surface area contributed by atoms with Gasteiger partial charge in [-0.1, -0.05) is 65.7 Å². The molecule has 5 rings (SSSR count). The maximum Gasteiger partial charge on any atom is 0.133 e. The Labute approximate surface area is 164 Å². The van der Waals surface area contributed by atoms with E-state index in [1.165, 1.54) is 0 Å². The number of halogens is 2. The van der Waals surface area contributed by atoms with Crippen LogP contribution in [0.2, 0.25) is 10.0 Å². The Morgan fingerprint density at radius 1 is 0.704 bits per heavy atom. The average Bonchev–Trinajstić information content (AvgIpc) is 2.68. The Kier molecular flexibility index (Phi) is 3.67. The molecule has 0 atom stereocenters. The normalized spacial score (nSPS) is 11.5. The smallest absolute Gasteiger partial charge is 0.133 e. The first-order chi connectivity index (χ1) is 13.1. The number of phenolic OH excluding ortho intramolecular Hbond substituents is 1. The van der Waals surface area contributed by atoms with Gasteiger partial charge in [0.25, 0.3) is 0 Å². The Balaban J connectivity index is 2.04. The predicted octanol–water partition coefficient (Wildman–Crippen LogP) is 6.62. The first-order valence-electron chi connectivity index (χ1n) is 8.39. The first-order valence-corrected chi connectivity index (χ1v) is 9.14. The van der Waals surface area contributed by atoms with Gasteiger partial charge in [-0.2, -0.15) is 0 Å². The van der Waals surface area contributed by atoms with Crippen LogP contribution in [-0.4, -0.2) is 15.1 Å². The maximum atomic E-state index is 11.1. The van der Waals surface area contributed by atoms with Crippen LogP contribution in [0.15, 0.2) is 66.7 Å². The summed E-state index contributed by atoms with van der Waals surface area (Å²) in [7, 11) is 0. The molecular weight excluding hydrogens is 379 g/mol. The molecule has 0 fully saturated rings. The molecule has 0 spiro atoms. The van der Waals surface area contributed by atoms with Gasteiger partial charge in [-0.3, -0.25) is 0 Å². The highest BCUT2D eigenvalue weighted by molar-refractivity contribution is 6.37. The number of para-hydroxylation sites is 2. The number of aromatic nitrogens is 2. The van der Waals surface area contributed by atoms with Crippen molar-refractivity contribution in [3.63, 3.8) is 0 Å². The lowest BCUT2D eigenvalue weighted by atomic mass is 9.96. The summed E-state index contributed by atoms with van der Waals surface area (Å²) in [5, 5.41) is 13.6. The van der Waals surface area contributed by atoms with Crippen LogP contribution in [0.5, 0.6) is 5.75 Å². The lowest BCUT2D eigenvalue weighted by molar-refractivity contribution is 0.484. The van der Waals surface area contributed by atoms with E-state index in [4.69, 9.17) is 33.2 Å². The molecule has 5 aromatic rings. The van der Waals surface area contributed by atoms with Crippen molar-refractivity contribution in [2.45, 2.75) is 0 Å². The van der Waals surface area contributed by atoms with Gasteiger partial charge < -0.3 is 5.11 Å². The van der Waals surface area contributed by atoms with Crippen molar-refractivity contribution in [2.75, 3.05) is 0 Å². The van der Waals surface area contributed by atoms with Crippen molar-refractivity contribution in [3.05, 3.63) is 76.8 Å². The molecule has 0 bridgehead atoms. The van der Waals surface area contributed by atoms with Crippen molar-refractivity contribution in [1.82, 2.24) is 9.97 Å². The average molecular weight is 391 g/mol. The minimum atomic E-state index is 0.131. The fourth-order valence-electron chi connectivity index (χ4n) is 3.45. The number of fused-ring (bicyclic) bond motifs is 4. The van der Waals surface area contributed by atoms with Crippen LogP contribution in [0, 0.1) is 0 Å². The number of hydrogen-bond donors (Lipinski definition) is 1. The van der Waals surface area contributed by atoms with Gasteiger partial charge in [0, 0.05) is 21.4 Å². The van der Waals surface area contributed by atoms with E-state index >= 15 is 0 Å². The van der Waals surface area contributed by atoms with Crippen molar-refractivity contribution < 1.29 is 5.11 Å². The van der Waals surface area contributed by atoms with Gasteiger partial charge in [0.2, 0.25) is 0 Å². The molecule has 130 valence electrons. The molecule has 3 nitrogen and oxygen atoms in total. The molecule has 4 aromatic carbocycles. The molecule has 0 aliphatic heterocycles. The fraction of sp³-hybridized carbons (Fsp3) is 0. The highest BCUT2D eigenvalue weighted by Crippen LogP contribution is 2.44. The van der Waals surface area contributed by atoms with E-state index in [1.54, 1.807) is 18.2 Å². The second kappa shape index (κ2) is 6.08. The van der Waals surface area contributed by atoms with Gasteiger partial charge >= 0.3 is 0 Å². The van der Waals surface area contributed by atoms with Gasteiger partial charge in [0.15, 0.2) is 0 Å². The number of nitrogens with zero attached hydrogens (tertiary/aromatic N) is 2. The summed E-state index contributed by atoms with van der Waals surface area (Å²) in [6.45, 7) is 0. The lowest BCUT2D eigenvalue weighted by Gasteiger charge is -2.14. The lowest BCUT2D eigenvalue weighted by Crippen LogP contribution is -1.94. The molecule has 1 N–H and O–H groups in total. The summed E-state index contributed by atoms with van der Waals surface area (Å²) in [4.78, 5) is 9.65. The van der Waals surface area contributed by atoms with Crippen LogP contribution in [-0.2, 0) is 0 Å². The summed E-state index contributed by atoms with van der Waals surface area (Å²) in [5.74, 6) is 0.131.